The number of fused-ring (bicyclic) bond motifs is 1. The van der Waals surface area contributed by atoms with Gasteiger partial charge in [-0.1, -0.05) is 54.5 Å². The number of amidine groups is 1. The van der Waals surface area contributed by atoms with Gasteiger partial charge in [-0.3, -0.25) is 9.69 Å². The van der Waals surface area contributed by atoms with E-state index in [0.29, 0.717) is 23.2 Å². The molecule has 5 nitrogen and oxygen atoms in total. The number of carbonyl (C=O) groups excluding carboxylic acids is 1. The predicted molar refractivity (Wildman–Crippen MR) is 143 cm³/mol. The van der Waals surface area contributed by atoms with Gasteiger partial charge in [0.05, 0.1) is 30.8 Å². The number of aromatic nitrogens is 1. The summed E-state index contributed by atoms with van der Waals surface area (Å²) in [7, 11) is 1.64. The van der Waals surface area contributed by atoms with Gasteiger partial charge in [0.25, 0.3) is 5.91 Å². The molecular formula is C29H23N3O2S. The Balaban J connectivity index is 1.54. The zero-order valence-corrected chi connectivity index (χ0v) is 20.0. The second-order valence-corrected chi connectivity index (χ2v) is 9.02. The van der Waals surface area contributed by atoms with Gasteiger partial charge in [0, 0.05) is 22.7 Å². The van der Waals surface area contributed by atoms with Crippen LogP contribution in [0.25, 0.3) is 17.0 Å². The van der Waals surface area contributed by atoms with Crippen LogP contribution in [0.15, 0.2) is 95.0 Å². The predicted octanol–water partition coefficient (Wildman–Crippen LogP) is 6.09. The Morgan fingerprint density at radius 3 is 2.51 bits per heavy atom. The highest BCUT2D eigenvalue weighted by molar-refractivity contribution is 8.18. The van der Waals surface area contributed by atoms with Crippen LogP contribution in [-0.2, 0) is 17.9 Å². The molecule has 0 unspecified atom stereocenters. The number of benzene rings is 3. The van der Waals surface area contributed by atoms with E-state index in [1.165, 1.54) is 11.8 Å². The van der Waals surface area contributed by atoms with E-state index in [2.05, 4.69) is 5.92 Å². The second-order valence-electron chi connectivity index (χ2n) is 8.01. The van der Waals surface area contributed by atoms with Gasteiger partial charge < -0.3 is 9.30 Å². The molecule has 0 radical (unpaired) electrons. The molecular weight excluding hydrogens is 454 g/mol. The van der Waals surface area contributed by atoms with E-state index in [9.17, 15) is 4.79 Å². The van der Waals surface area contributed by atoms with Crippen LogP contribution in [-0.4, -0.2) is 27.7 Å². The van der Waals surface area contributed by atoms with Gasteiger partial charge in [0.2, 0.25) is 0 Å². The topological polar surface area (TPSA) is 46.8 Å². The van der Waals surface area contributed by atoms with E-state index < -0.39 is 0 Å². The van der Waals surface area contributed by atoms with Crippen molar-refractivity contribution in [3.8, 4) is 18.1 Å². The Bertz CT molecular complexity index is 1480. The van der Waals surface area contributed by atoms with Crippen molar-refractivity contribution in [3.05, 3.63) is 101 Å². The molecule has 172 valence electrons. The number of terminal acetylenes is 1. The summed E-state index contributed by atoms with van der Waals surface area (Å²) in [5.41, 5.74) is 3.79. The summed E-state index contributed by atoms with van der Waals surface area (Å²) in [6, 6.07) is 25.5. The lowest BCUT2D eigenvalue weighted by Gasteiger charge is -2.16. The molecule has 4 aromatic rings. The maximum absolute atomic E-state index is 13.6. The molecule has 1 saturated heterocycles. The molecule has 6 heteroatoms. The lowest BCUT2D eigenvalue weighted by molar-refractivity contribution is -0.122. The van der Waals surface area contributed by atoms with Crippen LogP contribution in [0, 0.1) is 12.3 Å². The number of rotatable bonds is 6. The van der Waals surface area contributed by atoms with E-state index in [4.69, 9.17) is 16.2 Å². The first-order valence-corrected chi connectivity index (χ1v) is 12.0. The van der Waals surface area contributed by atoms with Crippen LogP contribution in [0.1, 0.15) is 11.1 Å². The highest BCUT2D eigenvalue weighted by Crippen LogP contribution is 2.36. The lowest BCUT2D eigenvalue weighted by atomic mass is 10.1. The number of amides is 1. The quantitative estimate of drug-likeness (QED) is 0.249. The molecule has 2 heterocycles. The van der Waals surface area contributed by atoms with Crippen molar-refractivity contribution in [1.82, 2.24) is 9.47 Å². The summed E-state index contributed by atoms with van der Waals surface area (Å²) in [6.45, 7) is 0.882. The zero-order chi connectivity index (χ0) is 24.2. The average molecular weight is 478 g/mol. The van der Waals surface area contributed by atoms with Gasteiger partial charge in [-0.25, -0.2) is 4.99 Å². The fourth-order valence-electron chi connectivity index (χ4n) is 4.02. The molecule has 3 aromatic carbocycles. The van der Waals surface area contributed by atoms with E-state index in [0.717, 1.165) is 33.5 Å². The minimum Gasteiger partial charge on any atom is -0.497 e. The fraction of sp³-hybridized carbons (Fsp3) is 0.103. The smallest absolute Gasteiger partial charge is 0.267 e. The number of hydrogen-bond acceptors (Lipinski definition) is 4. The minimum absolute atomic E-state index is 0.0747. The van der Waals surface area contributed by atoms with Crippen LogP contribution in [0.2, 0.25) is 0 Å². The molecule has 1 fully saturated rings. The number of para-hydroxylation sites is 2. The van der Waals surface area contributed by atoms with Crippen molar-refractivity contribution < 1.29 is 9.53 Å². The molecule has 0 bridgehead atoms. The van der Waals surface area contributed by atoms with Gasteiger partial charge in [-0.15, -0.1) is 6.42 Å². The maximum atomic E-state index is 13.6. The molecule has 0 aliphatic carbocycles. The highest BCUT2D eigenvalue weighted by atomic mass is 32.2. The van der Waals surface area contributed by atoms with Gasteiger partial charge >= 0.3 is 0 Å². The Labute approximate surface area is 208 Å². The molecule has 1 aliphatic heterocycles. The SMILES string of the molecule is C#CCn1cc(/C=C2\SC(=Nc3ccccc3)N(Cc3ccc(OC)cc3)C2=O)c2ccccc21. The Morgan fingerprint density at radius 1 is 1.03 bits per heavy atom. The first-order valence-electron chi connectivity index (χ1n) is 11.2. The molecule has 0 saturated carbocycles. The number of thioether (sulfide) groups is 1. The lowest BCUT2D eigenvalue weighted by Crippen LogP contribution is -2.28. The zero-order valence-electron chi connectivity index (χ0n) is 19.2. The van der Waals surface area contributed by atoms with Crippen LogP contribution in [0.4, 0.5) is 5.69 Å². The third-order valence-corrected chi connectivity index (χ3v) is 6.74. The number of carbonyl (C=O) groups is 1. The van der Waals surface area contributed by atoms with Crippen molar-refractivity contribution in [2.75, 3.05) is 7.11 Å². The van der Waals surface area contributed by atoms with E-state index >= 15 is 0 Å². The number of hydrogen-bond donors (Lipinski definition) is 0. The van der Waals surface area contributed by atoms with E-state index in [1.54, 1.807) is 12.0 Å². The Morgan fingerprint density at radius 2 is 1.77 bits per heavy atom. The molecule has 1 aliphatic rings. The Hall–Kier alpha value is -4.21. The van der Waals surface area contributed by atoms with Gasteiger partial charge in [-0.2, -0.15) is 0 Å². The molecule has 1 aromatic heterocycles. The summed E-state index contributed by atoms with van der Waals surface area (Å²) < 4.78 is 7.29. The molecule has 5 rings (SSSR count). The van der Waals surface area contributed by atoms with Crippen molar-refractivity contribution in [2.45, 2.75) is 13.1 Å². The van der Waals surface area contributed by atoms with Crippen molar-refractivity contribution in [1.29, 1.82) is 0 Å². The summed E-state index contributed by atoms with van der Waals surface area (Å²) >= 11 is 1.39. The van der Waals surface area contributed by atoms with Gasteiger partial charge in [0.15, 0.2) is 5.17 Å². The van der Waals surface area contributed by atoms with Crippen LogP contribution >= 0.6 is 11.8 Å². The van der Waals surface area contributed by atoms with Crippen LogP contribution in [0.5, 0.6) is 5.75 Å². The van der Waals surface area contributed by atoms with Crippen LogP contribution < -0.4 is 4.74 Å². The summed E-state index contributed by atoms with van der Waals surface area (Å²) in [6.07, 6.45) is 9.52. The minimum atomic E-state index is -0.0747. The number of methoxy groups -OCH3 is 1. The number of nitrogens with zero attached hydrogens (tertiary/aromatic N) is 3. The van der Waals surface area contributed by atoms with Crippen molar-refractivity contribution in [2.24, 2.45) is 4.99 Å². The van der Waals surface area contributed by atoms with Crippen molar-refractivity contribution >= 4 is 45.5 Å². The second kappa shape index (κ2) is 9.96. The first kappa shape index (κ1) is 22.6. The molecule has 0 N–H and O–H groups in total. The molecule has 0 atom stereocenters. The highest BCUT2D eigenvalue weighted by Gasteiger charge is 2.33. The van der Waals surface area contributed by atoms with Gasteiger partial charge in [0.1, 0.15) is 5.75 Å². The van der Waals surface area contributed by atoms with E-state index in [1.807, 2.05) is 95.7 Å². The van der Waals surface area contributed by atoms with E-state index in [-0.39, 0.29) is 5.91 Å². The number of aliphatic imine (C=N–C) groups is 1. The molecule has 0 spiro atoms. The third-order valence-electron chi connectivity index (χ3n) is 5.74. The third kappa shape index (κ3) is 4.72. The van der Waals surface area contributed by atoms with Gasteiger partial charge in [-0.05, 0) is 53.7 Å². The Kier molecular flexibility index (Phi) is 6.42. The summed E-state index contributed by atoms with van der Waals surface area (Å²) in [5.74, 6) is 3.40. The first-order chi connectivity index (χ1) is 17.2. The standard InChI is InChI=1S/C29H23N3O2S/c1-3-17-31-20-22(25-11-7-8-12-26(25)31)18-27-28(33)32(19-21-13-15-24(34-2)16-14-21)29(35-27)30-23-9-5-4-6-10-23/h1,4-16,18,20H,17,19H2,2H3/b27-18-,30-29?. The van der Waals surface area contributed by atoms with Crippen LogP contribution in [0.3, 0.4) is 0 Å². The maximum Gasteiger partial charge on any atom is 0.267 e. The largest absolute Gasteiger partial charge is 0.497 e. The average Bonchev–Trinajstić information content (AvgIpc) is 3.38. The van der Waals surface area contributed by atoms with Crippen molar-refractivity contribution in [3.63, 3.8) is 0 Å². The number of ether oxygens (including phenoxy) is 1. The normalized spacial score (nSPS) is 15.8. The molecule has 1 amide bonds. The summed E-state index contributed by atoms with van der Waals surface area (Å²) in [5, 5.41) is 1.70. The monoisotopic (exact) mass is 477 g/mol. The fourth-order valence-corrected chi connectivity index (χ4v) is 5.01. The summed E-state index contributed by atoms with van der Waals surface area (Å²) in [4.78, 5) is 20.7. The molecule has 35 heavy (non-hydrogen) atoms.